The lowest BCUT2D eigenvalue weighted by Gasteiger charge is -2.25. The Labute approximate surface area is 104 Å². The van der Waals surface area contributed by atoms with E-state index < -0.39 is 0 Å². The van der Waals surface area contributed by atoms with Crippen molar-refractivity contribution in [3.63, 3.8) is 0 Å². The molecular formula is C14H24N2O. The average Bonchev–Trinajstić information content (AvgIpc) is 2.35. The molecule has 0 aliphatic carbocycles. The van der Waals surface area contributed by atoms with Gasteiger partial charge in [0.25, 0.3) is 0 Å². The molecule has 0 radical (unpaired) electrons. The first-order valence-electron chi connectivity index (χ1n) is 6.23. The lowest BCUT2D eigenvalue weighted by atomic mass is 10.0. The first kappa shape index (κ1) is 14.0. The Kier molecular flexibility index (Phi) is 5.45. The summed E-state index contributed by atoms with van der Waals surface area (Å²) in [7, 11) is 4.10. The highest BCUT2D eigenvalue weighted by Gasteiger charge is 2.14. The van der Waals surface area contributed by atoms with Crippen LogP contribution in [0.5, 0.6) is 0 Å². The van der Waals surface area contributed by atoms with Crippen molar-refractivity contribution >= 4 is 5.69 Å². The predicted molar refractivity (Wildman–Crippen MR) is 73.5 cm³/mol. The fraction of sp³-hybridized carbons (Fsp3) is 0.571. The second-order valence-corrected chi connectivity index (χ2v) is 4.63. The van der Waals surface area contributed by atoms with E-state index >= 15 is 0 Å². The van der Waals surface area contributed by atoms with Gasteiger partial charge < -0.3 is 15.3 Å². The highest BCUT2D eigenvalue weighted by molar-refractivity contribution is 5.53. The number of para-hydroxylation sites is 1. The van der Waals surface area contributed by atoms with Crippen LogP contribution in [0.2, 0.25) is 0 Å². The molecule has 3 heteroatoms. The molecule has 0 amide bonds. The van der Waals surface area contributed by atoms with E-state index in [1.165, 1.54) is 11.3 Å². The number of aliphatic hydroxyl groups excluding tert-OH is 1. The number of nitrogens with one attached hydrogen (secondary N) is 1. The summed E-state index contributed by atoms with van der Waals surface area (Å²) in [4.78, 5) is 2.12. The minimum absolute atomic E-state index is 0.167. The largest absolute Gasteiger partial charge is 0.395 e. The van der Waals surface area contributed by atoms with Crippen molar-refractivity contribution < 1.29 is 5.11 Å². The van der Waals surface area contributed by atoms with E-state index in [2.05, 4.69) is 62.4 Å². The van der Waals surface area contributed by atoms with Crippen LogP contribution in [0, 0.1) is 0 Å². The Balaban J connectivity index is 2.84. The van der Waals surface area contributed by atoms with Crippen LogP contribution in [0.1, 0.15) is 31.9 Å². The van der Waals surface area contributed by atoms with Gasteiger partial charge in [-0.15, -0.1) is 0 Å². The summed E-state index contributed by atoms with van der Waals surface area (Å²) < 4.78 is 0. The zero-order valence-corrected chi connectivity index (χ0v) is 11.3. The maximum Gasteiger partial charge on any atom is 0.0584 e. The number of rotatable bonds is 6. The third-order valence-corrected chi connectivity index (χ3v) is 3.08. The molecule has 0 spiro atoms. The van der Waals surface area contributed by atoms with E-state index in [4.69, 9.17) is 0 Å². The standard InChI is InChI=1S/C14H24N2O/c1-5-12(10-17)15-11(2)13-8-6-7-9-14(13)16(3)4/h6-9,11-12,15,17H,5,10H2,1-4H3. The number of hydrogen-bond donors (Lipinski definition) is 2. The summed E-state index contributed by atoms with van der Waals surface area (Å²) in [5.41, 5.74) is 2.49. The van der Waals surface area contributed by atoms with Crippen LogP contribution in [-0.2, 0) is 0 Å². The Morgan fingerprint density at radius 1 is 1.29 bits per heavy atom. The highest BCUT2D eigenvalue weighted by atomic mass is 16.3. The minimum Gasteiger partial charge on any atom is -0.395 e. The molecule has 2 N–H and O–H groups in total. The molecule has 0 saturated heterocycles. The molecular weight excluding hydrogens is 212 g/mol. The molecule has 0 aliphatic heterocycles. The molecule has 1 aromatic rings. The van der Waals surface area contributed by atoms with Crippen molar-refractivity contribution in [3.05, 3.63) is 29.8 Å². The Hall–Kier alpha value is -1.06. The van der Waals surface area contributed by atoms with Gasteiger partial charge in [0, 0.05) is 31.9 Å². The molecule has 0 aromatic heterocycles. The smallest absolute Gasteiger partial charge is 0.0584 e. The molecule has 17 heavy (non-hydrogen) atoms. The monoisotopic (exact) mass is 236 g/mol. The SMILES string of the molecule is CCC(CO)NC(C)c1ccccc1N(C)C. The average molecular weight is 236 g/mol. The summed E-state index contributed by atoms with van der Waals surface area (Å²) in [6.45, 7) is 4.41. The lowest BCUT2D eigenvalue weighted by Crippen LogP contribution is -2.34. The maximum absolute atomic E-state index is 9.23. The van der Waals surface area contributed by atoms with Crippen LogP contribution >= 0.6 is 0 Å². The molecule has 0 saturated carbocycles. The van der Waals surface area contributed by atoms with Gasteiger partial charge in [-0.3, -0.25) is 0 Å². The topological polar surface area (TPSA) is 35.5 Å². The Morgan fingerprint density at radius 3 is 2.47 bits per heavy atom. The molecule has 1 rings (SSSR count). The Bertz CT molecular complexity index is 335. The molecule has 0 bridgehead atoms. The van der Waals surface area contributed by atoms with E-state index in [0.29, 0.717) is 0 Å². The van der Waals surface area contributed by atoms with Crippen LogP contribution in [0.4, 0.5) is 5.69 Å². The van der Waals surface area contributed by atoms with Crippen LogP contribution in [0.15, 0.2) is 24.3 Å². The van der Waals surface area contributed by atoms with Gasteiger partial charge in [0.1, 0.15) is 0 Å². The molecule has 2 unspecified atom stereocenters. The van der Waals surface area contributed by atoms with E-state index in [1.54, 1.807) is 0 Å². The van der Waals surface area contributed by atoms with Crippen LogP contribution in [0.3, 0.4) is 0 Å². The molecule has 2 atom stereocenters. The van der Waals surface area contributed by atoms with Crippen molar-refractivity contribution in [1.82, 2.24) is 5.32 Å². The molecule has 0 fully saturated rings. The molecule has 96 valence electrons. The zero-order chi connectivity index (χ0) is 12.8. The van der Waals surface area contributed by atoms with E-state index in [-0.39, 0.29) is 18.7 Å². The van der Waals surface area contributed by atoms with Gasteiger partial charge >= 0.3 is 0 Å². The minimum atomic E-state index is 0.167. The third kappa shape index (κ3) is 3.72. The quantitative estimate of drug-likeness (QED) is 0.794. The predicted octanol–water partition coefficient (Wildman–Crippen LogP) is 2.17. The van der Waals surface area contributed by atoms with Gasteiger partial charge in [-0.05, 0) is 25.0 Å². The fourth-order valence-corrected chi connectivity index (χ4v) is 2.00. The molecule has 0 aliphatic rings. The van der Waals surface area contributed by atoms with E-state index in [1.807, 2.05) is 0 Å². The number of hydrogen-bond acceptors (Lipinski definition) is 3. The summed E-state index contributed by atoms with van der Waals surface area (Å²) >= 11 is 0. The number of benzene rings is 1. The maximum atomic E-state index is 9.23. The van der Waals surface area contributed by atoms with Crippen molar-refractivity contribution in [1.29, 1.82) is 0 Å². The van der Waals surface area contributed by atoms with Gasteiger partial charge in [-0.25, -0.2) is 0 Å². The normalized spacial score (nSPS) is 14.4. The van der Waals surface area contributed by atoms with Gasteiger partial charge in [0.2, 0.25) is 0 Å². The number of anilines is 1. The summed E-state index contributed by atoms with van der Waals surface area (Å²) in [6, 6.07) is 8.77. The summed E-state index contributed by atoms with van der Waals surface area (Å²) in [6.07, 6.45) is 0.935. The van der Waals surface area contributed by atoms with Crippen LogP contribution in [0.25, 0.3) is 0 Å². The number of aliphatic hydroxyl groups is 1. The molecule has 3 nitrogen and oxygen atoms in total. The second kappa shape index (κ2) is 6.62. The van der Waals surface area contributed by atoms with Crippen molar-refractivity contribution in [2.75, 3.05) is 25.6 Å². The zero-order valence-electron chi connectivity index (χ0n) is 11.3. The third-order valence-electron chi connectivity index (χ3n) is 3.08. The summed E-state index contributed by atoms with van der Waals surface area (Å²) in [5, 5.41) is 12.7. The van der Waals surface area contributed by atoms with Gasteiger partial charge in [0.15, 0.2) is 0 Å². The fourth-order valence-electron chi connectivity index (χ4n) is 2.00. The first-order valence-corrected chi connectivity index (χ1v) is 6.23. The molecule has 1 aromatic carbocycles. The van der Waals surface area contributed by atoms with E-state index in [9.17, 15) is 5.11 Å². The van der Waals surface area contributed by atoms with Crippen molar-refractivity contribution in [3.8, 4) is 0 Å². The first-order chi connectivity index (χ1) is 8.10. The van der Waals surface area contributed by atoms with Crippen molar-refractivity contribution in [2.45, 2.75) is 32.4 Å². The highest BCUT2D eigenvalue weighted by Crippen LogP contribution is 2.24. The molecule has 0 heterocycles. The van der Waals surface area contributed by atoms with E-state index in [0.717, 1.165) is 6.42 Å². The van der Waals surface area contributed by atoms with Crippen molar-refractivity contribution in [2.24, 2.45) is 0 Å². The van der Waals surface area contributed by atoms with Gasteiger partial charge in [0.05, 0.1) is 6.61 Å². The second-order valence-electron chi connectivity index (χ2n) is 4.63. The van der Waals surface area contributed by atoms with Gasteiger partial charge in [-0.2, -0.15) is 0 Å². The Morgan fingerprint density at radius 2 is 1.94 bits per heavy atom. The summed E-state index contributed by atoms with van der Waals surface area (Å²) in [5.74, 6) is 0. The lowest BCUT2D eigenvalue weighted by molar-refractivity contribution is 0.230. The van der Waals surface area contributed by atoms with Crippen LogP contribution < -0.4 is 10.2 Å². The number of nitrogens with zero attached hydrogens (tertiary/aromatic N) is 1. The van der Waals surface area contributed by atoms with Crippen LogP contribution in [-0.4, -0.2) is 31.9 Å². The van der Waals surface area contributed by atoms with Gasteiger partial charge in [-0.1, -0.05) is 25.1 Å².